The van der Waals surface area contributed by atoms with Gasteiger partial charge in [0, 0.05) is 16.3 Å². The minimum absolute atomic E-state index is 0.00356. The molecule has 0 spiro atoms. The third-order valence-electron chi connectivity index (χ3n) is 4.95. The molecule has 1 heterocycles. The topological polar surface area (TPSA) is 97.0 Å². The van der Waals surface area contributed by atoms with Gasteiger partial charge in [-0.1, -0.05) is 29.8 Å². The number of halogens is 2. The molecule has 0 saturated carbocycles. The Morgan fingerprint density at radius 3 is 2.57 bits per heavy atom. The third kappa shape index (κ3) is 5.42. The first-order valence-corrected chi connectivity index (χ1v) is 10.7. The molecule has 1 fully saturated rings. The summed E-state index contributed by atoms with van der Waals surface area (Å²) >= 11 is 5.99. The first-order valence-electron chi connectivity index (χ1n) is 10.3. The molecule has 0 unspecified atom stereocenters. The van der Waals surface area contributed by atoms with Gasteiger partial charge in [0.05, 0.1) is 12.8 Å². The van der Waals surface area contributed by atoms with Crippen LogP contribution in [0.2, 0.25) is 5.02 Å². The molecule has 1 saturated heterocycles. The van der Waals surface area contributed by atoms with Crippen molar-refractivity contribution in [2.45, 2.75) is 0 Å². The molecular formula is C25H19ClFN3O5. The zero-order valence-corrected chi connectivity index (χ0v) is 19.1. The van der Waals surface area contributed by atoms with Crippen LogP contribution in [0.25, 0.3) is 6.08 Å². The third-order valence-corrected chi connectivity index (χ3v) is 5.18. The van der Waals surface area contributed by atoms with E-state index < -0.39 is 23.7 Å². The highest BCUT2D eigenvalue weighted by Crippen LogP contribution is 2.33. The van der Waals surface area contributed by atoms with E-state index in [4.69, 9.17) is 21.1 Å². The number of methoxy groups -OCH3 is 1. The summed E-state index contributed by atoms with van der Waals surface area (Å²) in [5.41, 5.74) is 1.13. The lowest BCUT2D eigenvalue weighted by Crippen LogP contribution is -2.30. The van der Waals surface area contributed by atoms with E-state index >= 15 is 0 Å². The van der Waals surface area contributed by atoms with Crippen molar-refractivity contribution in [1.82, 2.24) is 5.32 Å². The van der Waals surface area contributed by atoms with Gasteiger partial charge in [-0.25, -0.2) is 14.1 Å². The largest absolute Gasteiger partial charge is 0.493 e. The van der Waals surface area contributed by atoms with Crippen molar-refractivity contribution in [2.75, 3.05) is 23.9 Å². The van der Waals surface area contributed by atoms with Crippen molar-refractivity contribution in [1.29, 1.82) is 0 Å². The van der Waals surface area contributed by atoms with E-state index in [1.807, 2.05) is 0 Å². The minimum Gasteiger partial charge on any atom is -0.493 e. The average Bonchev–Trinajstić information content (AvgIpc) is 3.12. The van der Waals surface area contributed by atoms with Gasteiger partial charge >= 0.3 is 6.03 Å². The van der Waals surface area contributed by atoms with E-state index in [1.54, 1.807) is 36.4 Å². The second kappa shape index (κ2) is 10.3. The predicted molar refractivity (Wildman–Crippen MR) is 129 cm³/mol. The summed E-state index contributed by atoms with van der Waals surface area (Å²) < 4.78 is 24.1. The summed E-state index contributed by atoms with van der Waals surface area (Å²) in [5.74, 6) is -0.982. The minimum atomic E-state index is -0.632. The molecule has 0 aromatic heterocycles. The number of hydrogen-bond donors (Lipinski definition) is 2. The molecular weight excluding hydrogens is 477 g/mol. The smallest absolute Gasteiger partial charge is 0.333 e. The maximum atomic E-state index is 13.1. The number of carbonyl (C=O) groups is 3. The fraction of sp³-hybridized carbons (Fsp3) is 0.0800. The number of carbonyl (C=O) groups excluding carboxylic acids is 3. The van der Waals surface area contributed by atoms with E-state index in [0.717, 1.165) is 4.90 Å². The van der Waals surface area contributed by atoms with Crippen LogP contribution in [0.1, 0.15) is 5.56 Å². The highest BCUT2D eigenvalue weighted by molar-refractivity contribution is 6.32. The molecule has 1 aliphatic heterocycles. The summed E-state index contributed by atoms with van der Waals surface area (Å²) in [6, 6.07) is 16.0. The van der Waals surface area contributed by atoms with Crippen molar-refractivity contribution in [3.63, 3.8) is 0 Å². The quantitative estimate of drug-likeness (QED) is 0.369. The van der Waals surface area contributed by atoms with Crippen LogP contribution in [-0.2, 0) is 9.59 Å². The molecule has 4 amide bonds. The van der Waals surface area contributed by atoms with Crippen molar-refractivity contribution in [2.24, 2.45) is 0 Å². The molecule has 0 bridgehead atoms. The molecule has 0 aliphatic carbocycles. The predicted octanol–water partition coefficient (Wildman–Crippen LogP) is 4.60. The van der Waals surface area contributed by atoms with Gasteiger partial charge in [0.2, 0.25) is 0 Å². The van der Waals surface area contributed by atoms with Crippen LogP contribution in [0, 0.1) is 5.82 Å². The Kier molecular flexibility index (Phi) is 6.98. The number of urea groups is 1. The zero-order chi connectivity index (χ0) is 24.9. The number of para-hydroxylation sites is 1. The molecule has 1 aliphatic rings. The van der Waals surface area contributed by atoms with Gasteiger partial charge in [0.1, 0.15) is 11.5 Å². The number of hydrogen-bond acceptors (Lipinski definition) is 5. The SMILES string of the molecule is COc1cccc(/C=C2\NC(=O)N(c3cccc(Cl)c3)C2=O)c1OCC(=O)Nc1ccc(F)cc1. The van der Waals surface area contributed by atoms with Crippen LogP contribution < -0.4 is 25.0 Å². The maximum Gasteiger partial charge on any atom is 0.333 e. The average molecular weight is 496 g/mol. The molecule has 0 radical (unpaired) electrons. The Bertz CT molecular complexity index is 1330. The Morgan fingerprint density at radius 2 is 1.86 bits per heavy atom. The maximum absolute atomic E-state index is 13.1. The highest BCUT2D eigenvalue weighted by Gasteiger charge is 2.35. The molecule has 3 aromatic carbocycles. The normalized spacial score (nSPS) is 14.1. The number of benzene rings is 3. The Balaban J connectivity index is 1.55. The number of rotatable bonds is 7. The van der Waals surface area contributed by atoms with E-state index in [2.05, 4.69) is 10.6 Å². The van der Waals surface area contributed by atoms with Gasteiger partial charge in [0.25, 0.3) is 11.8 Å². The summed E-state index contributed by atoms with van der Waals surface area (Å²) in [5, 5.41) is 5.51. The van der Waals surface area contributed by atoms with Gasteiger partial charge in [-0.05, 0) is 54.6 Å². The highest BCUT2D eigenvalue weighted by atomic mass is 35.5. The van der Waals surface area contributed by atoms with Crippen LogP contribution in [0.4, 0.5) is 20.6 Å². The van der Waals surface area contributed by atoms with E-state index in [0.29, 0.717) is 27.7 Å². The Morgan fingerprint density at radius 1 is 1.11 bits per heavy atom. The second-order valence-electron chi connectivity index (χ2n) is 7.33. The number of anilines is 2. The number of amides is 4. The van der Waals surface area contributed by atoms with E-state index in [9.17, 15) is 18.8 Å². The molecule has 0 atom stereocenters. The van der Waals surface area contributed by atoms with Gasteiger partial charge in [-0.3, -0.25) is 9.59 Å². The molecule has 3 aromatic rings. The molecule has 2 N–H and O–H groups in total. The fourth-order valence-electron chi connectivity index (χ4n) is 3.37. The summed E-state index contributed by atoms with van der Waals surface area (Å²) in [7, 11) is 1.43. The van der Waals surface area contributed by atoms with Gasteiger partial charge in [-0.15, -0.1) is 0 Å². The summed E-state index contributed by atoms with van der Waals surface area (Å²) in [6.45, 7) is -0.386. The zero-order valence-electron chi connectivity index (χ0n) is 18.4. The van der Waals surface area contributed by atoms with Gasteiger partial charge < -0.3 is 20.1 Å². The standard InChI is InChI=1S/C25H19ClFN3O5/c1-34-21-7-2-4-15(23(21)35-14-22(31)28-18-10-8-17(27)9-11-18)12-20-24(32)30(25(33)29-20)19-6-3-5-16(26)13-19/h2-13H,14H2,1H3,(H,28,31)(H,29,33)/b20-12-. The fourth-order valence-corrected chi connectivity index (χ4v) is 3.55. The Hall–Kier alpha value is -4.37. The van der Waals surface area contributed by atoms with E-state index in [1.165, 1.54) is 43.5 Å². The number of nitrogens with one attached hydrogen (secondary N) is 2. The van der Waals surface area contributed by atoms with Crippen LogP contribution in [-0.4, -0.2) is 31.6 Å². The molecule has 4 rings (SSSR count). The Labute approximate surface area is 204 Å². The monoisotopic (exact) mass is 495 g/mol. The van der Waals surface area contributed by atoms with Crippen LogP contribution >= 0.6 is 11.6 Å². The summed E-state index contributed by atoms with van der Waals surface area (Å²) in [4.78, 5) is 38.8. The molecule has 8 nitrogen and oxygen atoms in total. The molecule has 10 heteroatoms. The lowest BCUT2D eigenvalue weighted by molar-refractivity contribution is -0.118. The van der Waals surface area contributed by atoms with Crippen molar-refractivity contribution < 1.29 is 28.2 Å². The van der Waals surface area contributed by atoms with Gasteiger partial charge in [0.15, 0.2) is 18.1 Å². The number of imide groups is 1. The van der Waals surface area contributed by atoms with Crippen molar-refractivity contribution in [3.05, 3.63) is 88.8 Å². The van der Waals surface area contributed by atoms with Crippen LogP contribution in [0.5, 0.6) is 11.5 Å². The lowest BCUT2D eigenvalue weighted by atomic mass is 10.1. The number of nitrogens with zero attached hydrogens (tertiary/aromatic N) is 1. The molecule has 35 heavy (non-hydrogen) atoms. The summed E-state index contributed by atoms with van der Waals surface area (Å²) in [6.07, 6.45) is 1.43. The van der Waals surface area contributed by atoms with Crippen LogP contribution in [0.15, 0.2) is 72.4 Å². The van der Waals surface area contributed by atoms with Crippen molar-refractivity contribution in [3.8, 4) is 11.5 Å². The molecule has 178 valence electrons. The van der Waals surface area contributed by atoms with Crippen molar-refractivity contribution >= 4 is 46.9 Å². The second-order valence-corrected chi connectivity index (χ2v) is 7.77. The van der Waals surface area contributed by atoms with E-state index in [-0.39, 0.29) is 18.1 Å². The first kappa shape index (κ1) is 23.8. The number of ether oxygens (including phenoxy) is 2. The first-order chi connectivity index (χ1) is 16.9. The van der Waals surface area contributed by atoms with Gasteiger partial charge in [-0.2, -0.15) is 0 Å². The lowest BCUT2D eigenvalue weighted by Gasteiger charge is -2.14. The van der Waals surface area contributed by atoms with Crippen LogP contribution in [0.3, 0.4) is 0 Å².